The molecule has 1 aromatic heterocycles. The molecule has 0 amide bonds. The zero-order valence-electron chi connectivity index (χ0n) is 9.69. The molecule has 3 heterocycles. The lowest BCUT2D eigenvalue weighted by molar-refractivity contribution is 0.277. The molecule has 0 aromatic carbocycles. The molecule has 6 nitrogen and oxygen atoms in total. The summed E-state index contributed by atoms with van der Waals surface area (Å²) in [7, 11) is 2.16. The van der Waals surface area contributed by atoms with Gasteiger partial charge in [-0.25, -0.2) is 0 Å². The van der Waals surface area contributed by atoms with Crippen molar-refractivity contribution < 1.29 is 0 Å². The van der Waals surface area contributed by atoms with Crippen LogP contribution in [0.2, 0.25) is 0 Å². The molecule has 0 saturated carbocycles. The quantitative estimate of drug-likeness (QED) is 0.647. The summed E-state index contributed by atoms with van der Waals surface area (Å²) in [6.45, 7) is 6.19. The number of likely N-dealkylation sites (N-methyl/N-ethyl adjacent to an activating group) is 1. The fraction of sp³-hybridized carbons (Fsp3) is 0.800. The summed E-state index contributed by atoms with van der Waals surface area (Å²) < 4.78 is 0. The minimum absolute atomic E-state index is 0.864. The molecule has 16 heavy (non-hydrogen) atoms. The van der Waals surface area contributed by atoms with Crippen molar-refractivity contribution >= 4 is 0 Å². The maximum atomic E-state index is 4.28. The highest BCUT2D eigenvalue weighted by atomic mass is 15.7. The number of rotatable bonds is 1. The Morgan fingerprint density at radius 3 is 2.81 bits per heavy atom. The van der Waals surface area contributed by atoms with Crippen LogP contribution in [0.5, 0.6) is 0 Å². The SMILES string of the molecule is CN1CCN(n2nnc3c2CCNC3)CC1. The van der Waals surface area contributed by atoms with Crippen molar-refractivity contribution in [1.29, 1.82) is 0 Å². The molecule has 0 bridgehead atoms. The van der Waals surface area contributed by atoms with Crippen LogP contribution in [0.4, 0.5) is 0 Å². The van der Waals surface area contributed by atoms with E-state index in [0.717, 1.165) is 51.4 Å². The number of hydrogen-bond acceptors (Lipinski definition) is 5. The van der Waals surface area contributed by atoms with Crippen LogP contribution >= 0.6 is 0 Å². The maximum Gasteiger partial charge on any atom is 0.102 e. The average molecular weight is 222 g/mol. The number of nitrogens with one attached hydrogen (secondary N) is 1. The van der Waals surface area contributed by atoms with E-state index in [1.807, 2.05) is 4.79 Å². The molecule has 0 atom stereocenters. The lowest BCUT2D eigenvalue weighted by atomic mass is 10.2. The first-order valence-electron chi connectivity index (χ1n) is 5.92. The molecule has 88 valence electrons. The average Bonchev–Trinajstić information content (AvgIpc) is 2.74. The molecule has 0 spiro atoms. The summed E-state index contributed by atoms with van der Waals surface area (Å²) >= 11 is 0. The zero-order chi connectivity index (χ0) is 11.0. The summed E-state index contributed by atoms with van der Waals surface area (Å²) in [6, 6.07) is 0. The van der Waals surface area contributed by atoms with Crippen molar-refractivity contribution in [1.82, 2.24) is 25.3 Å². The highest BCUT2D eigenvalue weighted by Gasteiger charge is 2.22. The maximum absolute atomic E-state index is 4.28. The van der Waals surface area contributed by atoms with Crippen molar-refractivity contribution in [3.63, 3.8) is 0 Å². The molecule has 0 aliphatic carbocycles. The largest absolute Gasteiger partial charge is 0.311 e. The van der Waals surface area contributed by atoms with E-state index in [1.165, 1.54) is 5.69 Å². The third kappa shape index (κ3) is 1.68. The Bertz CT molecular complexity index is 365. The van der Waals surface area contributed by atoms with Gasteiger partial charge in [0.2, 0.25) is 0 Å². The normalized spacial score (nSPS) is 22.2. The Morgan fingerprint density at radius 2 is 2.00 bits per heavy atom. The monoisotopic (exact) mass is 222 g/mol. The lowest BCUT2D eigenvalue weighted by Gasteiger charge is -2.34. The van der Waals surface area contributed by atoms with E-state index >= 15 is 0 Å². The van der Waals surface area contributed by atoms with E-state index in [9.17, 15) is 0 Å². The van der Waals surface area contributed by atoms with Crippen LogP contribution in [0, 0.1) is 0 Å². The second-order valence-electron chi connectivity index (χ2n) is 4.56. The Morgan fingerprint density at radius 1 is 1.19 bits per heavy atom. The van der Waals surface area contributed by atoms with Gasteiger partial charge in [0, 0.05) is 45.7 Å². The van der Waals surface area contributed by atoms with Crippen LogP contribution in [0.3, 0.4) is 0 Å². The number of piperazine rings is 1. The summed E-state index contributed by atoms with van der Waals surface area (Å²) in [4.78, 5) is 4.38. The lowest BCUT2D eigenvalue weighted by Crippen LogP contribution is -2.51. The van der Waals surface area contributed by atoms with Gasteiger partial charge in [-0.3, -0.25) is 5.01 Å². The smallest absolute Gasteiger partial charge is 0.102 e. The first kappa shape index (κ1) is 10.0. The van der Waals surface area contributed by atoms with E-state index < -0.39 is 0 Å². The van der Waals surface area contributed by atoms with Gasteiger partial charge < -0.3 is 10.2 Å². The number of nitrogens with zero attached hydrogens (tertiary/aromatic N) is 5. The fourth-order valence-corrected chi connectivity index (χ4v) is 2.33. The summed E-state index contributed by atoms with van der Waals surface area (Å²) in [5.74, 6) is 0. The Hall–Kier alpha value is -1.14. The summed E-state index contributed by atoms with van der Waals surface area (Å²) in [5, 5.41) is 14.2. The van der Waals surface area contributed by atoms with Gasteiger partial charge in [-0.05, 0) is 12.3 Å². The van der Waals surface area contributed by atoms with Crippen molar-refractivity contribution in [3.05, 3.63) is 11.4 Å². The number of fused-ring (bicyclic) bond motifs is 1. The number of aromatic nitrogens is 3. The zero-order valence-corrected chi connectivity index (χ0v) is 9.69. The molecule has 1 aromatic rings. The van der Waals surface area contributed by atoms with Crippen LogP contribution in [0.15, 0.2) is 0 Å². The molecule has 1 saturated heterocycles. The van der Waals surface area contributed by atoms with Gasteiger partial charge in [0.1, 0.15) is 5.69 Å². The van der Waals surface area contributed by atoms with Gasteiger partial charge >= 0.3 is 0 Å². The first-order chi connectivity index (χ1) is 7.84. The van der Waals surface area contributed by atoms with Gasteiger partial charge in [0.05, 0.1) is 5.69 Å². The molecular weight excluding hydrogens is 204 g/mol. The van der Waals surface area contributed by atoms with E-state index in [-0.39, 0.29) is 0 Å². The van der Waals surface area contributed by atoms with Crippen LogP contribution in [-0.2, 0) is 13.0 Å². The minimum Gasteiger partial charge on any atom is -0.311 e. The minimum atomic E-state index is 0.864. The Labute approximate surface area is 95.2 Å². The van der Waals surface area contributed by atoms with Gasteiger partial charge in [0.25, 0.3) is 0 Å². The highest BCUT2D eigenvalue weighted by molar-refractivity contribution is 5.15. The molecule has 2 aliphatic heterocycles. The van der Waals surface area contributed by atoms with Crippen molar-refractivity contribution in [2.24, 2.45) is 0 Å². The third-order valence-corrected chi connectivity index (χ3v) is 3.40. The predicted octanol–water partition coefficient (Wildman–Crippen LogP) is -1.19. The highest BCUT2D eigenvalue weighted by Crippen LogP contribution is 2.11. The third-order valence-electron chi connectivity index (χ3n) is 3.40. The standard InChI is InChI=1S/C10H18N6/c1-14-4-6-15(7-5-14)16-10-2-3-11-8-9(10)12-13-16/h11H,2-8H2,1H3. The van der Waals surface area contributed by atoms with Crippen LogP contribution < -0.4 is 10.3 Å². The molecule has 1 fully saturated rings. The second-order valence-corrected chi connectivity index (χ2v) is 4.56. The summed E-state index contributed by atoms with van der Waals surface area (Å²) in [5.41, 5.74) is 2.41. The van der Waals surface area contributed by atoms with Crippen LogP contribution in [0.1, 0.15) is 11.4 Å². The van der Waals surface area contributed by atoms with E-state index in [0.29, 0.717) is 0 Å². The van der Waals surface area contributed by atoms with Gasteiger partial charge in [-0.2, -0.15) is 4.79 Å². The van der Waals surface area contributed by atoms with Crippen LogP contribution in [-0.4, -0.2) is 59.8 Å². The van der Waals surface area contributed by atoms with Crippen LogP contribution in [0.25, 0.3) is 0 Å². The Balaban J connectivity index is 1.81. The topological polar surface area (TPSA) is 49.2 Å². The van der Waals surface area contributed by atoms with E-state index in [2.05, 4.69) is 32.6 Å². The molecule has 0 radical (unpaired) electrons. The molecule has 2 aliphatic rings. The van der Waals surface area contributed by atoms with Crippen molar-refractivity contribution in [2.45, 2.75) is 13.0 Å². The van der Waals surface area contributed by atoms with Gasteiger partial charge in [0.15, 0.2) is 0 Å². The van der Waals surface area contributed by atoms with Crippen molar-refractivity contribution in [2.75, 3.05) is 44.8 Å². The second kappa shape index (κ2) is 4.03. The molecule has 0 unspecified atom stereocenters. The Kier molecular flexibility index (Phi) is 2.53. The molecular formula is C10H18N6. The fourth-order valence-electron chi connectivity index (χ4n) is 2.33. The van der Waals surface area contributed by atoms with Crippen molar-refractivity contribution in [3.8, 4) is 0 Å². The molecule has 1 N–H and O–H groups in total. The predicted molar refractivity (Wildman–Crippen MR) is 60.9 cm³/mol. The molecule has 3 rings (SSSR count). The number of hydrogen-bond donors (Lipinski definition) is 1. The van der Waals surface area contributed by atoms with Gasteiger partial charge in [-0.15, -0.1) is 5.10 Å². The van der Waals surface area contributed by atoms with E-state index in [1.54, 1.807) is 0 Å². The summed E-state index contributed by atoms with van der Waals surface area (Å²) in [6.07, 6.45) is 1.04. The van der Waals surface area contributed by atoms with E-state index in [4.69, 9.17) is 0 Å². The van der Waals surface area contributed by atoms with Gasteiger partial charge in [-0.1, -0.05) is 0 Å². The molecule has 6 heteroatoms. The first-order valence-corrected chi connectivity index (χ1v) is 5.92.